The van der Waals surface area contributed by atoms with Crippen LogP contribution in [-0.2, 0) is 0 Å². The van der Waals surface area contributed by atoms with E-state index in [-0.39, 0.29) is 41.6 Å². The minimum atomic E-state index is -0.707. The number of thioether (sulfide) groups is 1. The Morgan fingerprint density at radius 2 is 2.15 bits per heavy atom. The van der Waals surface area contributed by atoms with Crippen LogP contribution in [0.3, 0.4) is 0 Å². The summed E-state index contributed by atoms with van der Waals surface area (Å²) in [6, 6.07) is 6.42. The maximum atomic E-state index is 13.7. The Morgan fingerprint density at radius 1 is 1.38 bits per heavy atom. The van der Waals surface area contributed by atoms with Gasteiger partial charge in [-0.2, -0.15) is 11.8 Å². The molecule has 0 aromatic heterocycles. The van der Waals surface area contributed by atoms with E-state index in [9.17, 15) is 9.50 Å². The molecule has 0 spiro atoms. The molecule has 1 aliphatic heterocycles. The Balaban J connectivity index is 0.00000338. The minimum Gasteiger partial charge on any atom is -0.486 e. The SMILES string of the molecule is CCNC(=NCC1(O)CCSC1)NCC(CC)Oc1ccccc1F.I. The number of guanidine groups is 1. The molecule has 1 heterocycles. The molecule has 0 saturated carbocycles. The Hall–Kier alpha value is -0.740. The molecular weight excluding hydrogens is 468 g/mol. The first-order valence-corrected chi connectivity index (χ1v) is 9.95. The number of nitrogens with zero attached hydrogens (tertiary/aromatic N) is 1. The molecule has 26 heavy (non-hydrogen) atoms. The van der Waals surface area contributed by atoms with Gasteiger partial charge in [-0.05, 0) is 37.7 Å². The zero-order chi connectivity index (χ0) is 18.1. The molecule has 8 heteroatoms. The number of ether oxygens (including phenoxy) is 1. The topological polar surface area (TPSA) is 65.9 Å². The minimum absolute atomic E-state index is 0. The van der Waals surface area contributed by atoms with Crippen LogP contribution >= 0.6 is 35.7 Å². The second kappa shape index (κ2) is 11.9. The molecule has 3 N–H and O–H groups in total. The third kappa shape index (κ3) is 7.48. The standard InChI is InChI=1S/C18H28FN3O2S.HI/c1-3-14(24-16-8-6-5-7-15(16)19)11-21-17(20-4-2)22-12-18(23)9-10-25-13-18;/h5-8,14,23H,3-4,9-13H2,1-2H3,(H2,20,21,22);1H. The van der Waals surface area contributed by atoms with E-state index in [0.29, 0.717) is 19.0 Å². The first-order chi connectivity index (χ1) is 12.1. The van der Waals surface area contributed by atoms with Crippen LogP contribution < -0.4 is 15.4 Å². The third-order valence-electron chi connectivity index (χ3n) is 4.04. The zero-order valence-electron chi connectivity index (χ0n) is 15.3. The average molecular weight is 497 g/mol. The van der Waals surface area contributed by atoms with E-state index >= 15 is 0 Å². The van der Waals surface area contributed by atoms with Crippen molar-refractivity contribution in [1.82, 2.24) is 10.6 Å². The number of aliphatic imine (C=N–C) groups is 1. The molecule has 0 amide bonds. The maximum absolute atomic E-state index is 13.7. The second-order valence-electron chi connectivity index (χ2n) is 6.18. The fourth-order valence-electron chi connectivity index (χ4n) is 2.49. The number of benzene rings is 1. The fraction of sp³-hybridized carbons (Fsp3) is 0.611. The average Bonchev–Trinajstić information content (AvgIpc) is 3.04. The van der Waals surface area contributed by atoms with Gasteiger partial charge in [0, 0.05) is 12.3 Å². The lowest BCUT2D eigenvalue weighted by Gasteiger charge is -2.22. The summed E-state index contributed by atoms with van der Waals surface area (Å²) in [6.45, 7) is 5.59. The van der Waals surface area contributed by atoms with E-state index in [1.165, 1.54) is 6.07 Å². The van der Waals surface area contributed by atoms with Gasteiger partial charge in [-0.3, -0.25) is 4.99 Å². The molecular formula is C18H29FIN3O2S. The van der Waals surface area contributed by atoms with Gasteiger partial charge in [-0.15, -0.1) is 24.0 Å². The predicted molar refractivity (Wildman–Crippen MR) is 117 cm³/mol. The Kier molecular flexibility index (Phi) is 10.6. The highest BCUT2D eigenvalue weighted by Crippen LogP contribution is 2.27. The van der Waals surface area contributed by atoms with Crippen molar-refractivity contribution in [2.75, 3.05) is 31.1 Å². The lowest BCUT2D eigenvalue weighted by Crippen LogP contribution is -2.44. The highest BCUT2D eigenvalue weighted by atomic mass is 127. The van der Waals surface area contributed by atoms with E-state index in [0.717, 1.165) is 30.9 Å². The summed E-state index contributed by atoms with van der Waals surface area (Å²) in [5.74, 6) is 2.25. The van der Waals surface area contributed by atoms with E-state index < -0.39 is 5.60 Å². The quantitative estimate of drug-likeness (QED) is 0.293. The van der Waals surface area contributed by atoms with E-state index in [1.807, 2.05) is 13.8 Å². The number of rotatable bonds is 8. The van der Waals surface area contributed by atoms with Crippen LogP contribution in [0.1, 0.15) is 26.7 Å². The number of hydrogen-bond donors (Lipinski definition) is 3. The predicted octanol–water partition coefficient (Wildman–Crippen LogP) is 3.02. The second-order valence-corrected chi connectivity index (χ2v) is 7.29. The van der Waals surface area contributed by atoms with E-state index in [1.54, 1.807) is 30.0 Å². The summed E-state index contributed by atoms with van der Waals surface area (Å²) < 4.78 is 19.5. The number of aliphatic hydroxyl groups is 1. The lowest BCUT2D eigenvalue weighted by atomic mass is 10.1. The van der Waals surface area contributed by atoms with Crippen molar-refractivity contribution in [3.63, 3.8) is 0 Å². The van der Waals surface area contributed by atoms with Gasteiger partial charge >= 0.3 is 0 Å². The number of halogens is 2. The summed E-state index contributed by atoms with van der Waals surface area (Å²) in [6.07, 6.45) is 1.33. The first kappa shape index (κ1) is 23.3. The van der Waals surface area contributed by atoms with Crippen molar-refractivity contribution in [1.29, 1.82) is 0 Å². The van der Waals surface area contributed by atoms with E-state index in [2.05, 4.69) is 15.6 Å². The van der Waals surface area contributed by atoms with Gasteiger partial charge < -0.3 is 20.5 Å². The summed E-state index contributed by atoms with van der Waals surface area (Å²) >= 11 is 1.75. The van der Waals surface area contributed by atoms with Crippen molar-refractivity contribution < 1.29 is 14.2 Å². The smallest absolute Gasteiger partial charge is 0.191 e. The summed E-state index contributed by atoms with van der Waals surface area (Å²) in [7, 11) is 0. The van der Waals surface area contributed by atoms with Crippen LogP contribution in [0.25, 0.3) is 0 Å². The zero-order valence-corrected chi connectivity index (χ0v) is 18.5. The monoisotopic (exact) mass is 497 g/mol. The molecule has 2 unspecified atom stereocenters. The van der Waals surface area contributed by atoms with Crippen LogP contribution in [-0.4, -0.2) is 53.9 Å². The van der Waals surface area contributed by atoms with Gasteiger partial charge in [0.1, 0.15) is 6.10 Å². The largest absolute Gasteiger partial charge is 0.486 e. The molecule has 148 valence electrons. The van der Waals surface area contributed by atoms with Crippen LogP contribution in [0.4, 0.5) is 4.39 Å². The Labute approximate surface area is 176 Å². The van der Waals surface area contributed by atoms with Crippen molar-refractivity contribution in [2.24, 2.45) is 4.99 Å². The molecule has 1 saturated heterocycles. The molecule has 0 aliphatic carbocycles. The van der Waals surface area contributed by atoms with Gasteiger partial charge in [0.15, 0.2) is 17.5 Å². The Bertz CT molecular complexity index is 571. The normalized spacial score (nSPS) is 21.0. The molecule has 0 bridgehead atoms. The van der Waals surface area contributed by atoms with Gasteiger partial charge in [0.25, 0.3) is 0 Å². The first-order valence-electron chi connectivity index (χ1n) is 8.80. The van der Waals surface area contributed by atoms with Crippen LogP contribution in [0.2, 0.25) is 0 Å². The molecule has 1 aliphatic rings. The fourth-order valence-corrected chi connectivity index (χ4v) is 3.77. The number of hydrogen-bond acceptors (Lipinski definition) is 4. The summed E-state index contributed by atoms with van der Waals surface area (Å²) in [4.78, 5) is 4.50. The Morgan fingerprint density at radius 3 is 2.77 bits per heavy atom. The van der Waals surface area contributed by atoms with Gasteiger partial charge in [-0.25, -0.2) is 4.39 Å². The van der Waals surface area contributed by atoms with Gasteiger partial charge in [-0.1, -0.05) is 19.1 Å². The molecule has 1 aromatic rings. The lowest BCUT2D eigenvalue weighted by molar-refractivity contribution is 0.0778. The molecule has 2 rings (SSSR count). The van der Waals surface area contributed by atoms with E-state index in [4.69, 9.17) is 4.74 Å². The highest BCUT2D eigenvalue weighted by Gasteiger charge is 2.31. The number of nitrogens with one attached hydrogen (secondary N) is 2. The molecule has 5 nitrogen and oxygen atoms in total. The summed E-state index contributed by atoms with van der Waals surface area (Å²) in [5, 5.41) is 16.8. The van der Waals surface area contributed by atoms with Gasteiger partial charge in [0.05, 0.1) is 18.7 Å². The van der Waals surface area contributed by atoms with Gasteiger partial charge in [0.2, 0.25) is 0 Å². The molecule has 0 radical (unpaired) electrons. The summed E-state index contributed by atoms with van der Waals surface area (Å²) in [5.41, 5.74) is -0.707. The highest BCUT2D eigenvalue weighted by molar-refractivity contribution is 14.0. The van der Waals surface area contributed by atoms with Crippen molar-refractivity contribution in [3.8, 4) is 5.75 Å². The molecule has 2 atom stereocenters. The van der Waals surface area contributed by atoms with Crippen LogP contribution in [0, 0.1) is 5.82 Å². The molecule has 1 aromatic carbocycles. The number of para-hydroxylation sites is 1. The van der Waals surface area contributed by atoms with Crippen LogP contribution in [0.15, 0.2) is 29.3 Å². The third-order valence-corrected chi connectivity index (χ3v) is 5.28. The van der Waals surface area contributed by atoms with Crippen molar-refractivity contribution >= 4 is 41.7 Å². The maximum Gasteiger partial charge on any atom is 0.191 e. The van der Waals surface area contributed by atoms with Crippen LogP contribution in [0.5, 0.6) is 5.75 Å². The van der Waals surface area contributed by atoms with Crippen molar-refractivity contribution in [3.05, 3.63) is 30.1 Å². The van der Waals surface area contributed by atoms with Crippen molar-refractivity contribution in [2.45, 2.75) is 38.4 Å². The molecule has 1 fully saturated rings.